The van der Waals surface area contributed by atoms with Crippen LogP contribution >= 0.6 is 8.16 Å². The van der Waals surface area contributed by atoms with E-state index in [0.717, 1.165) is 20.8 Å². The van der Waals surface area contributed by atoms with Crippen molar-refractivity contribution in [2.75, 3.05) is 82.6 Å². The third kappa shape index (κ3) is 38.7. The maximum absolute atomic E-state index is 11.6. The molecule has 0 aromatic heterocycles. The molecule has 2 saturated carbocycles. The second-order valence-electron chi connectivity index (χ2n) is 23.2. The fourth-order valence-electron chi connectivity index (χ4n) is 9.07. The zero-order valence-corrected chi connectivity index (χ0v) is 58.0. The standard InChI is InChI=1S/C11H21N5O7.C7H11N3O9.C7H5N3O6.C7H14N3O2.2C4H8N2O5.C3H3NO4.F5P.FH/c1-11(17)9(15(20)21)7(12(2)3)6(14(18)19)8(13(4)5)10(11)16(22)23;1-7(13)5(9(16)17)3(11)2(8(14)15)4(12)6(7)10(18)19;1-4-6(9(13)14)2-5(8(11)12)3-7(4)10(15)16;1-8(2)5-7(10(11)12)6-9(3)4;2*1-4(7,2-5(8)9)3-6(10)11;5-1-3(2-6)4(7)8;1-6(2,3,4)5;/h6-10,17H,1-5H3;2-6,11-13H,1H3;2-3H,1H3;5-6H,1-4H3;2*7H,2-3H2,1H3;1-3H;;1H/q;;;+1;;;;;/p-1. The van der Waals surface area contributed by atoms with Gasteiger partial charge in [0.25, 0.3) is 53.3 Å². The minimum Gasteiger partial charge on any atom is -1.00 e. The van der Waals surface area contributed by atoms with Crippen LogP contribution in [0.3, 0.4) is 0 Å². The minimum absolute atomic E-state index is 0. The molecule has 0 saturated heterocycles. The number of nitro groups is 15. The number of rotatable bonds is 25. The van der Waals surface area contributed by atoms with Gasteiger partial charge in [-0.2, -0.15) is 0 Å². The Balaban J connectivity index is -0.000000280. The maximum Gasteiger partial charge on any atom is 0.321 e. The summed E-state index contributed by atoms with van der Waals surface area (Å²) in [5.41, 5.74) is -10.9. The number of non-ortho nitro benzene ring substituents is 1. The van der Waals surface area contributed by atoms with Gasteiger partial charge in [-0.25, -0.2) is 4.58 Å². The Morgan fingerprint density at radius 3 is 0.935 bits per heavy atom. The van der Waals surface area contributed by atoms with Crippen LogP contribution in [0.5, 0.6) is 0 Å². The molecule has 107 heavy (non-hydrogen) atoms. The first-order valence-electron chi connectivity index (χ1n) is 27.4. The molecule has 0 aliphatic heterocycles. The molecule has 6 N–H and O–H groups in total. The molecule has 612 valence electrons. The Kier molecular flexibility index (Phi) is 43.4. The summed E-state index contributed by atoms with van der Waals surface area (Å²) in [6.07, 6.45) is -1.84. The number of nitrogens with zero attached hydrogens (tertiary/aromatic N) is 19. The Morgan fingerprint density at radius 1 is 0.514 bits per heavy atom. The normalized spacial score (nSPS) is 22.4. The molecular formula is C43H70F6N19O38P. The molecule has 0 spiro atoms. The molecule has 0 bridgehead atoms. The van der Waals surface area contributed by atoms with E-state index in [4.69, 9.17) is 10.2 Å². The van der Waals surface area contributed by atoms with Crippen LogP contribution in [0.15, 0.2) is 24.0 Å². The van der Waals surface area contributed by atoms with E-state index in [1.54, 1.807) is 37.7 Å². The summed E-state index contributed by atoms with van der Waals surface area (Å²) < 4.78 is 50.8. The Hall–Kier alpha value is -11.5. The van der Waals surface area contributed by atoms with Crippen LogP contribution in [-0.4, -0.2) is 314 Å². The Bertz CT molecular complexity index is 3270. The van der Waals surface area contributed by atoms with Crippen molar-refractivity contribution in [3.8, 4) is 0 Å². The molecule has 1 aromatic carbocycles. The number of hydrogen-bond acceptors (Lipinski definition) is 41. The number of aldehydes is 2. The van der Waals surface area contributed by atoms with E-state index in [1.165, 1.54) is 57.3 Å². The van der Waals surface area contributed by atoms with E-state index in [-0.39, 0.29) is 28.5 Å². The molecule has 2 aliphatic carbocycles. The van der Waals surface area contributed by atoms with Crippen LogP contribution in [0.4, 0.5) is 38.0 Å². The first-order valence-corrected chi connectivity index (χ1v) is 29.1. The number of aliphatic hydroxyl groups is 6. The van der Waals surface area contributed by atoms with Crippen LogP contribution < -0.4 is 4.70 Å². The zero-order chi connectivity index (χ0) is 85.7. The number of aliphatic hydroxyl groups excluding tert-OH is 2. The smallest absolute Gasteiger partial charge is 0.321 e. The molecule has 2 aliphatic rings. The number of carbonyl (C=O) groups is 2. The minimum atomic E-state index is -8.55. The summed E-state index contributed by atoms with van der Waals surface area (Å²) in [5, 5.41) is 215. The first-order chi connectivity index (χ1) is 47.3. The monoisotopic (exact) mass is 1610 g/mol. The average molecular weight is 1610 g/mol. The Morgan fingerprint density at radius 2 is 0.776 bits per heavy atom. The average Bonchev–Trinajstić information content (AvgIpc) is 0.734. The SMILES string of the molecule is CC(O)(C[N+](=O)[O-])C[N+](=O)[O-].CC(O)(C[N+](=O)[O-])C[N+](=O)[O-].CC1(O)C([N+](=O)[O-])C(O)C([N+](=O)[O-])C(O)C1[N+](=O)[O-].CN(C)/C=C(/C=[N+](C)C)[N+](=O)[O-].CN(C)C1C([N+](=O)[O-])C(N(C)C)C([N+](=O)[O-])C(C)(O)C1[N+](=O)[O-].Cc1c([N+](=O)[O-])cc([N+](=O)[O-])cc1[N+](=O)[O-].FP(F)(F)(F)F.O=CC(C=O)[N+](=O)[O-].[F-]. The number of carbonyl (C=O) groups excluding carboxylic acids is 2. The van der Waals surface area contributed by atoms with Gasteiger partial charge in [0.1, 0.15) is 19.7 Å². The van der Waals surface area contributed by atoms with Crippen molar-refractivity contribution < 1.29 is 144 Å². The van der Waals surface area contributed by atoms with Crippen LogP contribution in [0.2, 0.25) is 0 Å². The van der Waals surface area contributed by atoms with E-state index in [0.29, 0.717) is 19.1 Å². The summed E-state index contributed by atoms with van der Waals surface area (Å²) in [5.74, 6) is 0. The topological polar surface area (TPSA) is 815 Å². The van der Waals surface area contributed by atoms with Gasteiger partial charge in [-0.05, 0) is 62.8 Å². The summed E-state index contributed by atoms with van der Waals surface area (Å²) in [7, 11) is 4.06. The van der Waals surface area contributed by atoms with Gasteiger partial charge in [0.15, 0.2) is 35.5 Å². The van der Waals surface area contributed by atoms with E-state index in [1.807, 2.05) is 0 Å². The third-order valence-electron chi connectivity index (χ3n) is 13.0. The number of halogens is 6. The van der Waals surface area contributed by atoms with E-state index < -0.39 is 214 Å². The predicted octanol–water partition coefficient (Wildman–Crippen LogP) is -4.74. The van der Waals surface area contributed by atoms with Gasteiger partial charge in [0, 0.05) is 68.3 Å². The molecule has 64 heteroatoms. The molecule has 8 atom stereocenters. The number of likely N-dealkylation sites (N-methyl/N-ethyl adjacent to an activating group) is 2. The van der Waals surface area contributed by atoms with Crippen molar-refractivity contribution in [3.05, 3.63) is 181 Å². The van der Waals surface area contributed by atoms with Crippen molar-refractivity contribution in [2.45, 2.75) is 124 Å². The molecular weight excluding hydrogens is 1540 g/mol. The van der Waals surface area contributed by atoms with Crippen molar-refractivity contribution in [2.24, 2.45) is 0 Å². The van der Waals surface area contributed by atoms with Gasteiger partial charge in [0.05, 0.1) is 38.0 Å². The molecule has 3 rings (SSSR count). The van der Waals surface area contributed by atoms with Crippen molar-refractivity contribution in [1.29, 1.82) is 0 Å². The zero-order valence-electron chi connectivity index (χ0n) is 57.1. The van der Waals surface area contributed by atoms with Crippen LogP contribution in [-0.2, 0) is 9.59 Å². The number of nitro benzene ring substituents is 3. The quantitative estimate of drug-likeness (QED) is 0.00782. The molecule has 0 radical (unpaired) electrons. The van der Waals surface area contributed by atoms with Crippen molar-refractivity contribution in [1.82, 2.24) is 14.7 Å². The Labute approximate surface area is 589 Å². The maximum atomic E-state index is 11.6. The first kappa shape index (κ1) is 106. The third-order valence-corrected chi connectivity index (χ3v) is 13.0. The second kappa shape index (κ2) is 43.7. The van der Waals surface area contributed by atoms with Crippen LogP contribution in [0, 0.1) is 159 Å². The van der Waals surface area contributed by atoms with Crippen molar-refractivity contribution in [3.63, 3.8) is 0 Å². The molecule has 2 fully saturated rings. The van der Waals surface area contributed by atoms with Gasteiger partial charge in [-0.15, -0.1) is 0 Å². The largest absolute Gasteiger partial charge is 1.00 e. The van der Waals surface area contributed by atoms with Gasteiger partial charge in [-0.1, -0.05) is 0 Å². The van der Waals surface area contributed by atoms with E-state index in [2.05, 4.69) is 0 Å². The molecule has 1 aromatic rings. The summed E-state index contributed by atoms with van der Waals surface area (Å²) in [4.78, 5) is 167. The van der Waals surface area contributed by atoms with Gasteiger partial charge in [-0.3, -0.25) is 171 Å². The molecule has 0 heterocycles. The fourth-order valence-corrected chi connectivity index (χ4v) is 9.07. The summed E-state index contributed by atoms with van der Waals surface area (Å²) in [6.45, 7) is 1.70. The van der Waals surface area contributed by atoms with Gasteiger partial charge in [0.2, 0.25) is 56.2 Å². The van der Waals surface area contributed by atoms with E-state index >= 15 is 0 Å². The molecule has 57 nitrogen and oxygen atoms in total. The van der Waals surface area contributed by atoms with E-state index in [9.17, 15) is 203 Å². The van der Waals surface area contributed by atoms with Gasteiger partial charge < -0.3 is 40.2 Å². The molecule has 0 amide bonds. The van der Waals surface area contributed by atoms with Crippen molar-refractivity contribution >= 4 is 44.0 Å². The number of allylic oxidation sites excluding steroid dienone is 1. The number of benzene rings is 1. The molecule has 8 unspecified atom stereocenters. The van der Waals surface area contributed by atoms with Crippen LogP contribution in [0.25, 0.3) is 0 Å². The van der Waals surface area contributed by atoms with Crippen LogP contribution in [0.1, 0.15) is 33.3 Å². The summed E-state index contributed by atoms with van der Waals surface area (Å²) in [6, 6.07) is -15.3. The van der Waals surface area contributed by atoms with Gasteiger partial charge >= 0.3 is 40.9 Å². The predicted molar refractivity (Wildman–Crippen MR) is 335 cm³/mol. The summed E-state index contributed by atoms with van der Waals surface area (Å²) >= 11 is 0. The fraction of sp³-hybridized carbons (Fsp3) is 0.744. The number of hydrogen-bond donors (Lipinski definition) is 6. The second-order valence-corrected chi connectivity index (χ2v) is 24.5.